The molecule has 0 fully saturated rings. The van der Waals surface area contributed by atoms with E-state index >= 15 is 0 Å². The highest BCUT2D eigenvalue weighted by atomic mass is 32.1. The number of aliphatic hydroxyl groups is 1. The Hall–Kier alpha value is -2.85. The number of hydrogen-bond acceptors (Lipinski definition) is 6. The molecule has 10 heteroatoms. The Labute approximate surface area is 162 Å². The number of rotatable bonds is 5. The minimum absolute atomic E-state index is 0.0400. The SMILES string of the molecule is CC(O)(c1cnc(N(Cc2ccncc2)C(=O)c2ccncc2)s1)C(F)(F)F. The summed E-state index contributed by atoms with van der Waals surface area (Å²) >= 11 is 0.610. The maximum atomic E-state index is 13.1. The first-order valence-corrected chi connectivity index (χ1v) is 8.88. The smallest absolute Gasteiger partial charge is 0.376 e. The molecule has 0 saturated carbocycles. The van der Waals surface area contributed by atoms with Crippen LogP contribution in [-0.4, -0.2) is 32.1 Å². The third-order valence-electron chi connectivity index (χ3n) is 4.02. The van der Waals surface area contributed by atoms with Crippen LogP contribution in [0.3, 0.4) is 0 Å². The molecular formula is C18H15F3N4O2S. The first-order chi connectivity index (χ1) is 13.2. The molecule has 0 saturated heterocycles. The summed E-state index contributed by atoms with van der Waals surface area (Å²) in [6, 6.07) is 6.38. The van der Waals surface area contributed by atoms with Crippen molar-refractivity contribution >= 4 is 22.4 Å². The topological polar surface area (TPSA) is 79.2 Å². The molecule has 0 aliphatic rings. The second-order valence-corrected chi connectivity index (χ2v) is 7.07. The summed E-state index contributed by atoms with van der Waals surface area (Å²) in [5.74, 6) is -0.452. The fourth-order valence-electron chi connectivity index (χ4n) is 2.30. The number of halogens is 3. The van der Waals surface area contributed by atoms with E-state index in [-0.39, 0.29) is 11.7 Å². The van der Waals surface area contributed by atoms with Gasteiger partial charge in [0, 0.05) is 36.5 Å². The van der Waals surface area contributed by atoms with E-state index in [1.807, 2.05) is 0 Å². The lowest BCUT2D eigenvalue weighted by Gasteiger charge is -2.24. The van der Waals surface area contributed by atoms with Gasteiger partial charge in [0.2, 0.25) is 0 Å². The number of aromatic nitrogens is 3. The van der Waals surface area contributed by atoms with E-state index in [4.69, 9.17) is 0 Å². The quantitative estimate of drug-likeness (QED) is 0.699. The van der Waals surface area contributed by atoms with Crippen molar-refractivity contribution in [1.82, 2.24) is 15.0 Å². The number of hydrogen-bond donors (Lipinski definition) is 1. The summed E-state index contributed by atoms with van der Waals surface area (Å²) in [4.78, 5) is 25.6. The largest absolute Gasteiger partial charge is 0.422 e. The Morgan fingerprint density at radius 2 is 1.68 bits per heavy atom. The molecule has 3 aromatic rings. The second-order valence-electron chi connectivity index (χ2n) is 6.06. The lowest BCUT2D eigenvalue weighted by atomic mass is 10.1. The van der Waals surface area contributed by atoms with Crippen LogP contribution in [0.2, 0.25) is 0 Å². The number of anilines is 1. The van der Waals surface area contributed by atoms with Crippen LogP contribution in [0.15, 0.2) is 55.2 Å². The molecule has 28 heavy (non-hydrogen) atoms. The maximum absolute atomic E-state index is 13.1. The van der Waals surface area contributed by atoms with Crippen molar-refractivity contribution in [2.45, 2.75) is 25.2 Å². The molecule has 0 aliphatic carbocycles. The number of alkyl halides is 3. The lowest BCUT2D eigenvalue weighted by Crippen LogP contribution is -2.38. The van der Waals surface area contributed by atoms with Crippen LogP contribution in [0.5, 0.6) is 0 Å². The first kappa shape index (κ1) is 19.9. The zero-order chi connectivity index (χ0) is 20.4. The second kappa shape index (κ2) is 7.64. The van der Waals surface area contributed by atoms with Crippen LogP contribution in [0, 0.1) is 0 Å². The molecule has 1 amide bonds. The minimum atomic E-state index is -4.87. The molecule has 146 valence electrons. The standard InChI is InChI=1S/C18H15F3N4O2S/c1-17(27,18(19,20)21)14-10-24-16(28-14)25(11-12-2-6-22-7-3-12)15(26)13-4-8-23-9-5-13/h2-10,27H,11H2,1H3. The van der Waals surface area contributed by atoms with E-state index in [1.54, 1.807) is 24.5 Å². The molecule has 0 aromatic carbocycles. The predicted octanol–water partition coefficient (Wildman–Crippen LogP) is 3.55. The summed E-state index contributed by atoms with van der Waals surface area (Å²) in [6.07, 6.45) is 2.05. The molecule has 0 bridgehead atoms. The van der Waals surface area contributed by atoms with E-state index in [1.165, 1.54) is 29.4 Å². The van der Waals surface area contributed by atoms with Gasteiger partial charge in [0.1, 0.15) is 0 Å². The van der Waals surface area contributed by atoms with Gasteiger partial charge >= 0.3 is 6.18 Å². The van der Waals surface area contributed by atoms with E-state index < -0.39 is 22.6 Å². The van der Waals surface area contributed by atoms with Crippen LogP contribution >= 0.6 is 11.3 Å². The Bertz CT molecular complexity index is 946. The highest BCUT2D eigenvalue weighted by Gasteiger charge is 2.52. The maximum Gasteiger partial charge on any atom is 0.422 e. The monoisotopic (exact) mass is 408 g/mol. The highest BCUT2D eigenvalue weighted by molar-refractivity contribution is 7.15. The van der Waals surface area contributed by atoms with E-state index in [9.17, 15) is 23.1 Å². The molecule has 0 radical (unpaired) electrons. The Balaban J connectivity index is 1.99. The molecule has 3 aromatic heterocycles. The summed E-state index contributed by atoms with van der Waals surface area (Å²) < 4.78 is 39.4. The van der Waals surface area contributed by atoms with Crippen LogP contribution < -0.4 is 4.90 Å². The molecular weight excluding hydrogens is 393 g/mol. The highest BCUT2D eigenvalue weighted by Crippen LogP contribution is 2.42. The van der Waals surface area contributed by atoms with Crippen molar-refractivity contribution in [3.8, 4) is 0 Å². The molecule has 3 rings (SSSR count). The van der Waals surface area contributed by atoms with E-state index in [0.29, 0.717) is 23.8 Å². The van der Waals surface area contributed by atoms with Crippen molar-refractivity contribution in [3.63, 3.8) is 0 Å². The van der Waals surface area contributed by atoms with Gasteiger partial charge in [-0.3, -0.25) is 19.7 Å². The van der Waals surface area contributed by atoms with Crippen molar-refractivity contribution in [3.05, 3.63) is 71.3 Å². The fourth-order valence-corrected chi connectivity index (χ4v) is 3.28. The van der Waals surface area contributed by atoms with Crippen LogP contribution in [0.25, 0.3) is 0 Å². The van der Waals surface area contributed by atoms with Crippen LogP contribution in [0.4, 0.5) is 18.3 Å². The zero-order valence-corrected chi connectivity index (χ0v) is 15.4. The van der Waals surface area contributed by atoms with Gasteiger partial charge in [0.25, 0.3) is 5.91 Å². The lowest BCUT2D eigenvalue weighted by molar-refractivity contribution is -0.257. The molecule has 1 atom stereocenters. The minimum Gasteiger partial charge on any atom is -0.376 e. The average Bonchev–Trinajstić information content (AvgIpc) is 3.17. The molecule has 0 aliphatic heterocycles. The van der Waals surface area contributed by atoms with Crippen molar-refractivity contribution in [1.29, 1.82) is 0 Å². The van der Waals surface area contributed by atoms with Crippen molar-refractivity contribution in [2.75, 3.05) is 4.90 Å². The number of pyridine rings is 2. The normalized spacial score (nSPS) is 13.8. The average molecular weight is 408 g/mol. The van der Waals surface area contributed by atoms with Crippen molar-refractivity contribution < 1.29 is 23.1 Å². The predicted molar refractivity (Wildman–Crippen MR) is 96.7 cm³/mol. The van der Waals surface area contributed by atoms with Gasteiger partial charge in [0.05, 0.1) is 11.4 Å². The van der Waals surface area contributed by atoms with Gasteiger partial charge in [-0.05, 0) is 36.8 Å². The third-order valence-corrected chi connectivity index (χ3v) is 5.25. The Kier molecular flexibility index (Phi) is 5.43. The van der Waals surface area contributed by atoms with Gasteiger partial charge in [-0.15, -0.1) is 0 Å². The van der Waals surface area contributed by atoms with E-state index in [2.05, 4.69) is 15.0 Å². The van der Waals surface area contributed by atoms with Gasteiger partial charge in [-0.2, -0.15) is 13.2 Å². The first-order valence-electron chi connectivity index (χ1n) is 8.06. The molecule has 6 nitrogen and oxygen atoms in total. The third kappa shape index (κ3) is 4.02. The summed E-state index contributed by atoms with van der Waals surface area (Å²) in [7, 11) is 0. The number of amides is 1. The number of carbonyl (C=O) groups is 1. The van der Waals surface area contributed by atoms with Gasteiger partial charge in [-0.25, -0.2) is 4.98 Å². The summed E-state index contributed by atoms with van der Waals surface area (Å²) in [6.45, 7) is 0.729. The number of thiazole rings is 1. The van der Waals surface area contributed by atoms with Crippen LogP contribution in [-0.2, 0) is 12.1 Å². The Morgan fingerprint density at radius 3 is 2.25 bits per heavy atom. The molecule has 0 spiro atoms. The summed E-state index contributed by atoms with van der Waals surface area (Å²) in [5, 5.41) is 9.93. The number of carbonyl (C=O) groups excluding carboxylic acids is 1. The van der Waals surface area contributed by atoms with Crippen LogP contribution in [0.1, 0.15) is 27.7 Å². The van der Waals surface area contributed by atoms with E-state index in [0.717, 1.165) is 11.8 Å². The molecule has 3 heterocycles. The molecule has 1 unspecified atom stereocenters. The van der Waals surface area contributed by atoms with Gasteiger partial charge in [-0.1, -0.05) is 11.3 Å². The fraction of sp³-hybridized carbons (Fsp3) is 0.222. The van der Waals surface area contributed by atoms with Gasteiger partial charge < -0.3 is 5.11 Å². The van der Waals surface area contributed by atoms with Gasteiger partial charge in [0.15, 0.2) is 10.7 Å². The summed E-state index contributed by atoms with van der Waals surface area (Å²) in [5.41, 5.74) is -2.04. The van der Waals surface area contributed by atoms with Crippen molar-refractivity contribution in [2.24, 2.45) is 0 Å². The molecule has 1 N–H and O–H groups in total. The Morgan fingerprint density at radius 1 is 1.11 bits per heavy atom. The zero-order valence-electron chi connectivity index (χ0n) is 14.6. The number of nitrogens with zero attached hydrogens (tertiary/aromatic N) is 4.